The molecule has 0 N–H and O–H groups in total. The molecule has 0 saturated carbocycles. The van der Waals surface area contributed by atoms with Crippen molar-refractivity contribution in [1.82, 2.24) is 69.8 Å². The summed E-state index contributed by atoms with van der Waals surface area (Å²) in [6, 6.07) is 25.3. The van der Waals surface area contributed by atoms with Gasteiger partial charge >= 0.3 is 0 Å². The van der Waals surface area contributed by atoms with Crippen LogP contribution in [0.15, 0.2) is 153 Å². The Labute approximate surface area is 641 Å². The van der Waals surface area contributed by atoms with Crippen molar-refractivity contribution in [2.24, 2.45) is 0 Å². The van der Waals surface area contributed by atoms with E-state index in [9.17, 15) is 8.78 Å². The largest absolute Gasteiger partial charge is 0.495 e. The Hall–Kier alpha value is -9.34. The van der Waals surface area contributed by atoms with Crippen molar-refractivity contribution < 1.29 is 13.5 Å². The summed E-state index contributed by atoms with van der Waals surface area (Å²) in [4.78, 5) is 58.3. The number of ether oxygens (including phenoxy) is 1. The number of rotatable bonds is 12. The lowest BCUT2D eigenvalue weighted by atomic mass is 10.1. The first-order chi connectivity index (χ1) is 49.4. The van der Waals surface area contributed by atoms with E-state index < -0.39 is 6.43 Å². The average Bonchev–Trinajstić information content (AvgIpc) is 0.879. The maximum Gasteiger partial charge on any atom is 0.265 e. The van der Waals surface area contributed by atoms with Gasteiger partial charge in [-0.3, -0.25) is 54.8 Å². The van der Waals surface area contributed by atoms with Gasteiger partial charge in [0.15, 0.2) is 0 Å². The highest BCUT2D eigenvalue weighted by molar-refractivity contribution is 6.29. The smallest absolute Gasteiger partial charge is 0.265 e. The second kappa shape index (κ2) is 52.6. The van der Waals surface area contributed by atoms with Crippen molar-refractivity contribution in [2.45, 2.75) is 260 Å². The minimum Gasteiger partial charge on any atom is -0.495 e. The Kier molecular flexibility index (Phi) is 48.0. The maximum atomic E-state index is 12.1. The van der Waals surface area contributed by atoms with E-state index >= 15 is 0 Å². The van der Waals surface area contributed by atoms with Crippen molar-refractivity contribution in [1.29, 1.82) is 5.26 Å². The van der Waals surface area contributed by atoms with E-state index in [0.29, 0.717) is 64.0 Å². The summed E-state index contributed by atoms with van der Waals surface area (Å²) in [6.07, 6.45) is 20.2. The minimum atomic E-state index is -2.42. The highest BCUT2D eigenvalue weighted by atomic mass is 35.5. The van der Waals surface area contributed by atoms with E-state index in [2.05, 4.69) is 258 Å². The average molecular weight is 1470 g/mol. The third-order valence-electron chi connectivity index (χ3n) is 15.1. The van der Waals surface area contributed by atoms with Gasteiger partial charge in [0.2, 0.25) is 0 Å². The fourth-order valence-corrected chi connectivity index (χ4v) is 7.99. The summed E-state index contributed by atoms with van der Waals surface area (Å²) >= 11 is 5.54. The Morgan fingerprint density at radius 1 is 0.330 bits per heavy atom. The Bertz CT molecular complexity index is 3510. The van der Waals surface area contributed by atoms with Crippen LogP contribution in [0, 0.1) is 59.8 Å². The molecule has 0 radical (unpaired) electrons. The van der Waals surface area contributed by atoms with Crippen LogP contribution in [-0.4, -0.2) is 76.9 Å². The minimum absolute atomic E-state index is 0. The fourth-order valence-electron chi connectivity index (χ4n) is 7.89. The number of aryl methyl sites for hydroxylation is 7. The van der Waals surface area contributed by atoms with Crippen LogP contribution in [-0.2, 0) is 0 Å². The molecule has 106 heavy (non-hydrogen) atoms. The maximum absolute atomic E-state index is 12.1. The normalized spacial score (nSPS) is 10.3. The number of alkyl halides is 2. The van der Waals surface area contributed by atoms with Crippen molar-refractivity contribution in [3.8, 4) is 11.8 Å². The molecule has 10 heterocycles. The first kappa shape index (κ1) is 96.7. The molecule has 0 bridgehead atoms. The third-order valence-corrected chi connectivity index (χ3v) is 15.3. The summed E-state index contributed by atoms with van der Waals surface area (Å²) in [5.74, 6) is 6.38. The number of methoxy groups -OCH3 is 1. The van der Waals surface area contributed by atoms with Gasteiger partial charge in [0.1, 0.15) is 22.8 Å². The van der Waals surface area contributed by atoms with Crippen molar-refractivity contribution in [3.05, 3.63) is 266 Å². The SMILES string of the molecule is C.CC(C)c1ccc(C#N)cn1.CC(C)c1ccc(C(F)F)cn1.CC(C)c1cnc(Cl)cn1.COc1ccc(C(C)C)nc1.Cc1ccc(C(C)C)nc1.Cc1ccc(C(C)C)nc1.Cc1ccc(C(C)C)nc1C.Cc1cnc(C(C)C)cn1.Cc1cnc(C(C)C)cn1.Cc1cnc(C(C)C)nc1. The van der Waals surface area contributed by atoms with Crippen LogP contribution < -0.4 is 4.74 Å². The highest BCUT2D eigenvalue weighted by Gasteiger charge is 2.09. The van der Waals surface area contributed by atoms with Gasteiger partial charge in [-0.15, -0.1) is 0 Å². The van der Waals surface area contributed by atoms with Gasteiger partial charge in [0.05, 0.1) is 59.7 Å². The lowest BCUT2D eigenvalue weighted by Crippen LogP contribution is -1.95. The molecule has 0 amide bonds. The number of pyridine rings is 6. The molecule has 16 nitrogen and oxygen atoms in total. The standard InChI is InChI=1S/C10H15N.C9H11F2N.C9H10N2.C9H13NO.2C9H13N.3C8H12N2.C7H9ClN2.CH4/c1-7(2)10-6-5-8(3)9(4)11-10;1-6(2)8-4-3-7(5-12-8)9(10)11;1-7(2)9-4-3-8(5-10)6-11-9;1-7(2)9-5-4-8(11-3)6-10-9;2*1-7(2)9-5-4-8(3)6-10-9;2*1-6(2)8-5-9-7(3)4-10-8;1-6(2)8-9-4-7(3)5-10-8;1-5(2)6-3-10-7(8)4-9-6;/h5-7H,1-4H3;3-6,9H,1-2H3;3-4,6-7H,1-2H3;4-7H,1-3H3;2*4-7H,1-3H3;3*4-6H,1-3H3;3-5H,1-2H3;1H4. The molecule has 10 rings (SSSR count). The van der Waals surface area contributed by atoms with E-state index in [-0.39, 0.29) is 18.9 Å². The lowest BCUT2D eigenvalue weighted by Gasteiger charge is -2.06. The lowest BCUT2D eigenvalue weighted by molar-refractivity contribution is 0.151. The molecule has 0 atom stereocenters. The monoisotopic (exact) mass is 1470 g/mol. The number of halogens is 3. The molecule has 0 aromatic carbocycles. The topological polar surface area (TPSA) is 213 Å². The summed E-state index contributed by atoms with van der Waals surface area (Å²) < 4.78 is 29.1. The molecule has 0 unspecified atom stereocenters. The van der Waals surface area contributed by atoms with Crippen molar-refractivity contribution in [3.63, 3.8) is 0 Å². The first-order valence-electron chi connectivity index (χ1n) is 36.1. The summed E-state index contributed by atoms with van der Waals surface area (Å²) in [5.41, 5.74) is 18.2. The third kappa shape index (κ3) is 41.4. The summed E-state index contributed by atoms with van der Waals surface area (Å²) in [7, 11) is 1.64. The predicted molar refractivity (Wildman–Crippen MR) is 436 cm³/mol. The summed E-state index contributed by atoms with van der Waals surface area (Å²) in [5, 5.41) is 8.93. The van der Waals surface area contributed by atoms with E-state index in [1.54, 1.807) is 56.4 Å². The molecule has 0 aliphatic heterocycles. The first-order valence-corrected chi connectivity index (χ1v) is 36.5. The zero-order chi connectivity index (χ0) is 79.5. The molecule has 19 heteroatoms. The van der Waals surface area contributed by atoms with Crippen LogP contribution >= 0.6 is 11.6 Å². The molecule has 0 fully saturated rings. The quantitative estimate of drug-likeness (QED) is 0.111. The molecule has 574 valence electrons. The zero-order valence-electron chi connectivity index (χ0n) is 68.0. The van der Waals surface area contributed by atoms with Crippen molar-refractivity contribution in [2.75, 3.05) is 7.11 Å². The van der Waals surface area contributed by atoms with Crippen molar-refractivity contribution >= 4 is 11.6 Å². The van der Waals surface area contributed by atoms with Gasteiger partial charge in [-0.05, 0) is 179 Å². The van der Waals surface area contributed by atoms with Crippen LogP contribution in [0.2, 0.25) is 5.15 Å². The van der Waals surface area contributed by atoms with Crippen LogP contribution in [0.1, 0.15) is 319 Å². The molecule has 0 aliphatic carbocycles. The molecule has 0 spiro atoms. The van der Waals surface area contributed by atoms with Crippen LogP contribution in [0.3, 0.4) is 0 Å². The van der Waals surface area contributed by atoms with Crippen LogP contribution in [0.25, 0.3) is 0 Å². The number of aromatic nitrogens is 14. The number of nitriles is 1. The fraction of sp³-hybridized carbons (Fsp3) is 0.460. The van der Waals surface area contributed by atoms with Gasteiger partial charge in [-0.1, -0.05) is 176 Å². The van der Waals surface area contributed by atoms with Crippen LogP contribution in [0.5, 0.6) is 5.75 Å². The Balaban J connectivity index is 0.00000116. The number of hydrogen-bond acceptors (Lipinski definition) is 16. The molecule has 0 saturated heterocycles. The van der Waals surface area contributed by atoms with Crippen LogP contribution in [0.4, 0.5) is 8.78 Å². The Morgan fingerprint density at radius 3 is 0.943 bits per heavy atom. The molecule has 10 aromatic rings. The highest BCUT2D eigenvalue weighted by Crippen LogP contribution is 2.21. The van der Waals surface area contributed by atoms with E-state index in [4.69, 9.17) is 21.6 Å². The van der Waals surface area contributed by atoms with Gasteiger partial charge in [-0.2, -0.15) is 5.26 Å². The van der Waals surface area contributed by atoms with E-state index in [0.717, 1.165) is 68.4 Å². The molecular weight excluding hydrogens is 1340 g/mol. The molecule has 0 aliphatic rings. The van der Waals surface area contributed by atoms with Gasteiger partial charge < -0.3 is 4.74 Å². The zero-order valence-corrected chi connectivity index (χ0v) is 68.8. The summed E-state index contributed by atoms with van der Waals surface area (Å²) in [6.45, 7) is 56.2. The van der Waals surface area contributed by atoms with E-state index in [1.807, 2.05) is 96.1 Å². The second-order valence-corrected chi connectivity index (χ2v) is 28.7. The van der Waals surface area contributed by atoms with Gasteiger partial charge in [-0.25, -0.2) is 23.7 Å². The van der Waals surface area contributed by atoms with Gasteiger partial charge in [0, 0.05) is 113 Å². The number of nitrogens with zero attached hydrogens (tertiary/aromatic N) is 15. The van der Waals surface area contributed by atoms with E-state index in [1.165, 1.54) is 46.0 Å². The Morgan fingerprint density at radius 2 is 0.670 bits per heavy atom. The second-order valence-electron chi connectivity index (χ2n) is 28.3. The van der Waals surface area contributed by atoms with Gasteiger partial charge in [0.25, 0.3) is 6.43 Å². The molecule has 10 aromatic heterocycles. The predicted octanol–water partition coefficient (Wildman–Crippen LogP) is 23.9. The molecular formula is C87H124ClF2N15O. The number of hydrogen-bond donors (Lipinski definition) is 0.